The third-order valence-electron chi connectivity index (χ3n) is 4.06. The molecule has 5 heteroatoms. The lowest BCUT2D eigenvalue weighted by atomic mass is 10.1. The van der Waals surface area contributed by atoms with E-state index in [9.17, 15) is 9.59 Å². The fourth-order valence-electron chi connectivity index (χ4n) is 2.76. The number of benzene rings is 1. The second-order valence-corrected chi connectivity index (χ2v) is 6.35. The standard InChI is InChI=1S/C18H26N2O3/c1-14(2)13-17(21)19-9-4-10-20(12-11-19)18(22)15-5-7-16(23-3)8-6-15/h5-8,14H,4,9-13H2,1-3H3. The molecule has 2 amide bonds. The molecule has 0 N–H and O–H groups in total. The molecule has 1 aromatic rings. The molecular formula is C18H26N2O3. The van der Waals surface area contributed by atoms with E-state index in [1.54, 1.807) is 31.4 Å². The smallest absolute Gasteiger partial charge is 0.253 e. The summed E-state index contributed by atoms with van der Waals surface area (Å²) in [6.07, 6.45) is 1.40. The minimum Gasteiger partial charge on any atom is -0.497 e. The Morgan fingerprint density at radius 3 is 2.26 bits per heavy atom. The Morgan fingerprint density at radius 2 is 1.65 bits per heavy atom. The van der Waals surface area contributed by atoms with E-state index in [0.717, 1.165) is 18.7 Å². The monoisotopic (exact) mass is 318 g/mol. The molecule has 1 aliphatic heterocycles. The maximum atomic E-state index is 12.6. The van der Waals surface area contributed by atoms with Crippen LogP contribution in [-0.4, -0.2) is 54.9 Å². The molecule has 1 heterocycles. The lowest BCUT2D eigenvalue weighted by Crippen LogP contribution is -2.37. The van der Waals surface area contributed by atoms with Gasteiger partial charge in [-0.1, -0.05) is 13.8 Å². The van der Waals surface area contributed by atoms with Crippen molar-refractivity contribution in [3.05, 3.63) is 29.8 Å². The Kier molecular flexibility index (Phi) is 6.02. The van der Waals surface area contributed by atoms with Gasteiger partial charge in [0.05, 0.1) is 7.11 Å². The number of carbonyl (C=O) groups is 2. The van der Waals surface area contributed by atoms with Crippen molar-refractivity contribution in [2.75, 3.05) is 33.3 Å². The first-order valence-corrected chi connectivity index (χ1v) is 8.22. The highest BCUT2D eigenvalue weighted by molar-refractivity contribution is 5.94. The highest BCUT2D eigenvalue weighted by Gasteiger charge is 2.23. The molecule has 5 nitrogen and oxygen atoms in total. The largest absolute Gasteiger partial charge is 0.497 e. The molecule has 0 bridgehead atoms. The molecule has 0 aromatic heterocycles. The van der Waals surface area contributed by atoms with E-state index in [-0.39, 0.29) is 11.8 Å². The number of amides is 2. The predicted octanol–water partition coefficient (Wildman–Crippen LogP) is 2.42. The lowest BCUT2D eigenvalue weighted by molar-refractivity contribution is -0.131. The minimum atomic E-state index is 0.0193. The Balaban J connectivity index is 1.96. The second kappa shape index (κ2) is 7.99. The number of ether oxygens (including phenoxy) is 1. The lowest BCUT2D eigenvalue weighted by Gasteiger charge is -2.23. The number of methoxy groups -OCH3 is 1. The van der Waals surface area contributed by atoms with Gasteiger partial charge in [0.15, 0.2) is 0 Å². The van der Waals surface area contributed by atoms with Gasteiger partial charge in [-0.2, -0.15) is 0 Å². The molecule has 0 atom stereocenters. The van der Waals surface area contributed by atoms with Crippen molar-refractivity contribution in [1.82, 2.24) is 9.80 Å². The third kappa shape index (κ3) is 4.71. The van der Waals surface area contributed by atoms with E-state index in [2.05, 4.69) is 13.8 Å². The first-order chi connectivity index (χ1) is 11.0. The van der Waals surface area contributed by atoms with Gasteiger partial charge in [-0.3, -0.25) is 9.59 Å². The van der Waals surface area contributed by atoms with Crippen molar-refractivity contribution in [3.8, 4) is 5.75 Å². The maximum Gasteiger partial charge on any atom is 0.253 e. The summed E-state index contributed by atoms with van der Waals surface area (Å²) in [5, 5.41) is 0. The molecule has 0 aliphatic carbocycles. The second-order valence-electron chi connectivity index (χ2n) is 6.35. The molecule has 1 fully saturated rings. The van der Waals surface area contributed by atoms with Crippen LogP contribution in [0.5, 0.6) is 5.75 Å². The molecule has 0 unspecified atom stereocenters. The Bertz CT molecular complexity index is 540. The van der Waals surface area contributed by atoms with Crippen LogP contribution in [0.1, 0.15) is 37.0 Å². The molecule has 0 radical (unpaired) electrons. The molecule has 126 valence electrons. The van der Waals surface area contributed by atoms with E-state index in [0.29, 0.717) is 37.5 Å². The van der Waals surface area contributed by atoms with Gasteiger partial charge in [0.25, 0.3) is 5.91 Å². The van der Waals surface area contributed by atoms with Crippen molar-refractivity contribution in [2.45, 2.75) is 26.7 Å². The van der Waals surface area contributed by atoms with Gasteiger partial charge in [-0.15, -0.1) is 0 Å². The Labute approximate surface area is 138 Å². The van der Waals surface area contributed by atoms with Crippen molar-refractivity contribution in [3.63, 3.8) is 0 Å². The van der Waals surface area contributed by atoms with Crippen molar-refractivity contribution in [2.24, 2.45) is 5.92 Å². The highest BCUT2D eigenvalue weighted by atomic mass is 16.5. The van der Waals surface area contributed by atoms with Gasteiger partial charge in [0, 0.05) is 38.2 Å². The van der Waals surface area contributed by atoms with Crippen LogP contribution >= 0.6 is 0 Å². The quantitative estimate of drug-likeness (QED) is 0.856. The average molecular weight is 318 g/mol. The average Bonchev–Trinajstić information content (AvgIpc) is 2.80. The number of hydrogen-bond donors (Lipinski definition) is 0. The van der Waals surface area contributed by atoms with Crippen LogP contribution in [0.25, 0.3) is 0 Å². The minimum absolute atomic E-state index is 0.0193. The van der Waals surface area contributed by atoms with Crippen LogP contribution in [0.3, 0.4) is 0 Å². The summed E-state index contributed by atoms with van der Waals surface area (Å²) in [4.78, 5) is 28.5. The highest BCUT2D eigenvalue weighted by Crippen LogP contribution is 2.15. The summed E-state index contributed by atoms with van der Waals surface area (Å²) in [5.74, 6) is 1.32. The normalized spacial score (nSPS) is 15.5. The summed E-state index contributed by atoms with van der Waals surface area (Å²) in [7, 11) is 1.61. The van der Waals surface area contributed by atoms with Crippen LogP contribution < -0.4 is 4.74 Å². The van der Waals surface area contributed by atoms with E-state index >= 15 is 0 Å². The summed E-state index contributed by atoms with van der Waals surface area (Å²) >= 11 is 0. The van der Waals surface area contributed by atoms with Crippen molar-refractivity contribution >= 4 is 11.8 Å². The predicted molar refractivity (Wildman–Crippen MR) is 89.5 cm³/mol. The van der Waals surface area contributed by atoms with Crippen LogP contribution in [0.4, 0.5) is 0 Å². The number of carbonyl (C=O) groups excluding carboxylic acids is 2. The zero-order chi connectivity index (χ0) is 16.8. The zero-order valence-electron chi connectivity index (χ0n) is 14.2. The molecule has 1 aliphatic rings. The molecular weight excluding hydrogens is 292 g/mol. The summed E-state index contributed by atoms with van der Waals surface area (Å²) in [6.45, 7) is 6.74. The van der Waals surface area contributed by atoms with Crippen LogP contribution in [0, 0.1) is 5.92 Å². The van der Waals surface area contributed by atoms with Crippen molar-refractivity contribution < 1.29 is 14.3 Å². The van der Waals surface area contributed by atoms with Gasteiger partial charge >= 0.3 is 0 Å². The SMILES string of the molecule is COc1ccc(C(=O)N2CCCN(C(=O)CC(C)C)CC2)cc1. The molecule has 1 saturated heterocycles. The van der Waals surface area contributed by atoms with Gasteiger partial charge in [-0.05, 0) is 36.6 Å². The van der Waals surface area contributed by atoms with Gasteiger partial charge in [0.2, 0.25) is 5.91 Å². The topological polar surface area (TPSA) is 49.9 Å². The first-order valence-electron chi connectivity index (χ1n) is 8.22. The van der Waals surface area contributed by atoms with E-state index < -0.39 is 0 Å². The summed E-state index contributed by atoms with van der Waals surface area (Å²) in [6, 6.07) is 7.16. The van der Waals surface area contributed by atoms with Gasteiger partial charge < -0.3 is 14.5 Å². The molecule has 23 heavy (non-hydrogen) atoms. The van der Waals surface area contributed by atoms with E-state index in [1.807, 2.05) is 9.80 Å². The zero-order valence-corrected chi connectivity index (χ0v) is 14.2. The van der Waals surface area contributed by atoms with Crippen LogP contribution in [0.15, 0.2) is 24.3 Å². The third-order valence-corrected chi connectivity index (χ3v) is 4.06. The molecule has 1 aromatic carbocycles. The fraction of sp³-hybridized carbons (Fsp3) is 0.556. The Morgan fingerprint density at radius 1 is 1.04 bits per heavy atom. The maximum absolute atomic E-state index is 12.6. The number of rotatable bonds is 4. The molecule has 0 spiro atoms. The summed E-state index contributed by atoms with van der Waals surface area (Å²) in [5.41, 5.74) is 0.660. The van der Waals surface area contributed by atoms with Gasteiger partial charge in [-0.25, -0.2) is 0 Å². The number of hydrogen-bond acceptors (Lipinski definition) is 3. The molecule has 0 saturated carbocycles. The van der Waals surface area contributed by atoms with E-state index in [1.165, 1.54) is 0 Å². The fourth-order valence-corrected chi connectivity index (χ4v) is 2.76. The van der Waals surface area contributed by atoms with Crippen LogP contribution in [0.2, 0.25) is 0 Å². The molecule has 2 rings (SSSR count). The summed E-state index contributed by atoms with van der Waals surface area (Å²) < 4.78 is 5.12. The van der Waals surface area contributed by atoms with Gasteiger partial charge in [0.1, 0.15) is 5.75 Å². The Hall–Kier alpha value is -2.04. The van der Waals surface area contributed by atoms with Crippen molar-refractivity contribution in [1.29, 1.82) is 0 Å². The first kappa shape index (κ1) is 17.3. The van der Waals surface area contributed by atoms with E-state index in [4.69, 9.17) is 4.74 Å². The van der Waals surface area contributed by atoms with Crippen LogP contribution in [-0.2, 0) is 4.79 Å². The number of nitrogens with zero attached hydrogens (tertiary/aromatic N) is 2.